The fraction of sp³-hybridized carbons (Fsp3) is 0.500. The van der Waals surface area contributed by atoms with Crippen LogP contribution in [-0.2, 0) is 0 Å². The van der Waals surface area contributed by atoms with Gasteiger partial charge in [0.25, 0.3) is 0 Å². The number of rotatable bonds is 1. The summed E-state index contributed by atoms with van der Waals surface area (Å²) in [6.45, 7) is 10.0. The number of nitrogens with zero attached hydrogens (tertiary/aromatic N) is 3. The average molecular weight is 255 g/mol. The topological polar surface area (TPSA) is 56.7 Å². The quantitative estimate of drug-likeness (QED) is 0.846. The zero-order valence-corrected chi connectivity index (χ0v) is 11.7. The van der Waals surface area contributed by atoms with Gasteiger partial charge in [0.15, 0.2) is 0 Å². The largest absolute Gasteiger partial charge is 0.383 e. The first-order valence-electron chi connectivity index (χ1n) is 5.81. The Balaban J connectivity index is 0.000000686. The predicted molar refractivity (Wildman–Crippen MR) is 73.4 cm³/mol. The summed E-state index contributed by atoms with van der Waals surface area (Å²) in [5.74, 6) is 0.485. The molecule has 5 heteroatoms. The van der Waals surface area contributed by atoms with Crippen molar-refractivity contribution >= 4 is 28.3 Å². The van der Waals surface area contributed by atoms with E-state index in [0.29, 0.717) is 10.8 Å². The molecule has 17 heavy (non-hydrogen) atoms. The number of anilines is 1. The van der Waals surface area contributed by atoms with Crippen LogP contribution in [-0.4, -0.2) is 14.8 Å². The number of hydrogen-bond acceptors (Lipinski definition) is 3. The van der Waals surface area contributed by atoms with Gasteiger partial charge in [-0.3, -0.25) is 4.68 Å². The number of hydrogen-bond donors (Lipinski definition) is 1. The van der Waals surface area contributed by atoms with Gasteiger partial charge in [0, 0.05) is 6.04 Å². The molecule has 0 saturated heterocycles. The third-order valence-electron chi connectivity index (χ3n) is 2.37. The lowest BCUT2D eigenvalue weighted by atomic mass is 10.2. The molecule has 0 spiro atoms. The maximum atomic E-state index is 6.11. The molecule has 0 fully saturated rings. The Kier molecular flexibility index (Phi) is 4.34. The van der Waals surface area contributed by atoms with Crippen LogP contribution in [0.1, 0.15) is 39.4 Å². The molecule has 0 aromatic carbocycles. The molecule has 0 unspecified atom stereocenters. The van der Waals surface area contributed by atoms with Crippen molar-refractivity contribution in [1.82, 2.24) is 14.8 Å². The molecule has 0 amide bonds. The maximum absolute atomic E-state index is 6.11. The van der Waals surface area contributed by atoms with E-state index in [9.17, 15) is 0 Å². The van der Waals surface area contributed by atoms with Crippen LogP contribution in [0.2, 0.25) is 5.02 Å². The molecule has 0 bridgehead atoms. The highest BCUT2D eigenvalue weighted by molar-refractivity contribution is 6.35. The van der Waals surface area contributed by atoms with E-state index in [1.807, 2.05) is 25.5 Å². The molecule has 2 aromatic rings. The van der Waals surface area contributed by atoms with Crippen molar-refractivity contribution in [2.24, 2.45) is 0 Å². The van der Waals surface area contributed by atoms with Gasteiger partial charge in [0.05, 0.1) is 27.8 Å². The molecule has 2 aromatic heterocycles. The first-order valence-corrected chi connectivity index (χ1v) is 6.19. The third-order valence-corrected chi connectivity index (χ3v) is 2.65. The van der Waals surface area contributed by atoms with Crippen LogP contribution in [0.5, 0.6) is 0 Å². The average Bonchev–Trinajstić information content (AvgIpc) is 2.66. The normalized spacial score (nSPS) is 10.5. The van der Waals surface area contributed by atoms with E-state index in [1.54, 1.807) is 6.20 Å². The SMILES string of the molecule is CC.Cc1nn(C(C)C)c2c(Cl)cnc(N)c12. The van der Waals surface area contributed by atoms with Crippen LogP contribution in [0, 0.1) is 6.92 Å². The van der Waals surface area contributed by atoms with Crippen molar-refractivity contribution in [1.29, 1.82) is 0 Å². The molecule has 2 heterocycles. The minimum atomic E-state index is 0.250. The summed E-state index contributed by atoms with van der Waals surface area (Å²) in [6, 6.07) is 0.250. The summed E-state index contributed by atoms with van der Waals surface area (Å²) in [4.78, 5) is 4.03. The highest BCUT2D eigenvalue weighted by atomic mass is 35.5. The highest BCUT2D eigenvalue weighted by Gasteiger charge is 2.15. The first-order chi connectivity index (χ1) is 8.02. The number of halogens is 1. The molecule has 0 saturated carbocycles. The Morgan fingerprint density at radius 1 is 1.35 bits per heavy atom. The Morgan fingerprint density at radius 2 is 1.94 bits per heavy atom. The molecule has 94 valence electrons. The fourth-order valence-corrected chi connectivity index (χ4v) is 1.94. The monoisotopic (exact) mass is 254 g/mol. The molecule has 2 rings (SSSR count). The molecular weight excluding hydrogens is 236 g/mol. The smallest absolute Gasteiger partial charge is 0.134 e. The number of nitrogen functional groups attached to an aromatic ring is 1. The Labute approximate surface area is 107 Å². The van der Waals surface area contributed by atoms with Crippen molar-refractivity contribution in [2.75, 3.05) is 5.73 Å². The number of aryl methyl sites for hydroxylation is 1. The molecule has 0 atom stereocenters. The Hall–Kier alpha value is -1.29. The van der Waals surface area contributed by atoms with Crippen molar-refractivity contribution in [2.45, 2.75) is 40.7 Å². The maximum Gasteiger partial charge on any atom is 0.134 e. The summed E-state index contributed by atoms with van der Waals surface area (Å²) >= 11 is 6.11. The standard InChI is InChI=1S/C10H13ClN4.C2H6/c1-5(2)15-9-7(11)4-13-10(12)8(9)6(3)14-15;1-2/h4-5H,1-3H3,(H2,12,13);1-2H3. The molecule has 0 radical (unpaired) electrons. The zero-order valence-electron chi connectivity index (χ0n) is 11.0. The van der Waals surface area contributed by atoms with Crippen LogP contribution in [0.15, 0.2) is 6.20 Å². The Morgan fingerprint density at radius 3 is 2.47 bits per heavy atom. The number of nitrogens with two attached hydrogens (primary N) is 1. The summed E-state index contributed by atoms with van der Waals surface area (Å²) in [5, 5.41) is 5.87. The predicted octanol–water partition coefficient (Wildman–Crippen LogP) is 3.58. The molecule has 0 aliphatic carbocycles. The van der Waals surface area contributed by atoms with Crippen molar-refractivity contribution < 1.29 is 0 Å². The molecule has 4 nitrogen and oxygen atoms in total. The molecule has 2 N–H and O–H groups in total. The lowest BCUT2D eigenvalue weighted by molar-refractivity contribution is 0.547. The van der Waals surface area contributed by atoms with Gasteiger partial charge in [-0.1, -0.05) is 25.4 Å². The van der Waals surface area contributed by atoms with Gasteiger partial charge >= 0.3 is 0 Å². The van der Waals surface area contributed by atoms with Gasteiger partial charge in [-0.2, -0.15) is 5.10 Å². The van der Waals surface area contributed by atoms with Gasteiger partial charge in [0.1, 0.15) is 5.82 Å². The molecular formula is C12H19ClN4. The van der Waals surface area contributed by atoms with Crippen LogP contribution in [0.4, 0.5) is 5.82 Å². The van der Waals surface area contributed by atoms with Crippen molar-refractivity contribution in [3.63, 3.8) is 0 Å². The van der Waals surface area contributed by atoms with Gasteiger partial charge < -0.3 is 5.73 Å². The molecule has 0 aliphatic heterocycles. The fourth-order valence-electron chi connectivity index (χ4n) is 1.71. The lowest BCUT2D eigenvalue weighted by Gasteiger charge is -2.08. The first kappa shape index (κ1) is 13.8. The highest BCUT2D eigenvalue weighted by Crippen LogP contribution is 2.30. The molecule has 0 aliphatic rings. The summed E-state index contributed by atoms with van der Waals surface area (Å²) in [7, 11) is 0. The van der Waals surface area contributed by atoms with E-state index >= 15 is 0 Å². The minimum Gasteiger partial charge on any atom is -0.383 e. The van der Waals surface area contributed by atoms with Crippen molar-refractivity contribution in [3.8, 4) is 0 Å². The second-order valence-electron chi connectivity index (χ2n) is 3.84. The van der Waals surface area contributed by atoms with Crippen LogP contribution in [0.25, 0.3) is 10.9 Å². The van der Waals surface area contributed by atoms with E-state index in [2.05, 4.69) is 23.9 Å². The van der Waals surface area contributed by atoms with Crippen molar-refractivity contribution in [3.05, 3.63) is 16.9 Å². The second-order valence-corrected chi connectivity index (χ2v) is 4.25. The number of pyridine rings is 1. The van der Waals surface area contributed by atoms with E-state index in [4.69, 9.17) is 17.3 Å². The van der Waals surface area contributed by atoms with E-state index in [-0.39, 0.29) is 6.04 Å². The van der Waals surface area contributed by atoms with E-state index in [0.717, 1.165) is 16.6 Å². The van der Waals surface area contributed by atoms with Gasteiger partial charge in [-0.15, -0.1) is 0 Å². The summed E-state index contributed by atoms with van der Waals surface area (Å²) < 4.78 is 1.88. The Bertz CT molecular complexity index is 517. The zero-order chi connectivity index (χ0) is 13.2. The van der Waals surface area contributed by atoms with Gasteiger partial charge in [0.2, 0.25) is 0 Å². The van der Waals surface area contributed by atoms with Gasteiger partial charge in [-0.25, -0.2) is 4.98 Å². The third kappa shape index (κ3) is 2.36. The van der Waals surface area contributed by atoms with Crippen LogP contribution < -0.4 is 5.73 Å². The lowest BCUT2D eigenvalue weighted by Crippen LogP contribution is -2.03. The van der Waals surface area contributed by atoms with E-state index in [1.165, 1.54) is 0 Å². The summed E-state index contributed by atoms with van der Waals surface area (Å²) in [5.41, 5.74) is 7.56. The number of fused-ring (bicyclic) bond motifs is 1. The van der Waals surface area contributed by atoms with Gasteiger partial charge in [-0.05, 0) is 20.8 Å². The van der Waals surface area contributed by atoms with Crippen LogP contribution >= 0.6 is 11.6 Å². The number of aromatic nitrogens is 3. The van der Waals surface area contributed by atoms with E-state index < -0.39 is 0 Å². The van der Waals surface area contributed by atoms with Crippen LogP contribution in [0.3, 0.4) is 0 Å². The summed E-state index contributed by atoms with van der Waals surface area (Å²) in [6.07, 6.45) is 1.57. The second kappa shape index (κ2) is 5.36. The minimum absolute atomic E-state index is 0.250.